The first-order valence-corrected chi connectivity index (χ1v) is 4.43. The standard InChI is InChI=1S/C10H10N4O/c11-13-10(15)8-4-1-2-5-9(8)14-7-3-6-12-14/h1-7H,11H2,(H,13,15). The minimum Gasteiger partial charge on any atom is -0.290 e. The van der Waals surface area contributed by atoms with Crippen molar-refractivity contribution in [3.8, 4) is 5.69 Å². The molecule has 0 aliphatic heterocycles. The minimum atomic E-state index is -0.332. The topological polar surface area (TPSA) is 72.9 Å². The number of nitrogens with one attached hydrogen (secondary N) is 1. The molecule has 5 heteroatoms. The first-order valence-electron chi connectivity index (χ1n) is 4.43. The Morgan fingerprint density at radius 1 is 1.33 bits per heavy atom. The van der Waals surface area contributed by atoms with Crippen molar-refractivity contribution in [3.63, 3.8) is 0 Å². The van der Waals surface area contributed by atoms with Gasteiger partial charge >= 0.3 is 0 Å². The molecule has 3 N–H and O–H groups in total. The second-order valence-corrected chi connectivity index (χ2v) is 2.94. The minimum absolute atomic E-state index is 0.332. The number of amides is 1. The Morgan fingerprint density at radius 2 is 2.13 bits per heavy atom. The van der Waals surface area contributed by atoms with Crippen LogP contribution in [0.5, 0.6) is 0 Å². The molecule has 0 saturated carbocycles. The van der Waals surface area contributed by atoms with Crippen LogP contribution < -0.4 is 11.3 Å². The third-order valence-corrected chi connectivity index (χ3v) is 2.03. The summed E-state index contributed by atoms with van der Waals surface area (Å²) in [5.74, 6) is 4.76. The van der Waals surface area contributed by atoms with Crippen molar-refractivity contribution in [1.29, 1.82) is 0 Å². The van der Waals surface area contributed by atoms with Crippen LogP contribution in [0.15, 0.2) is 42.7 Å². The third-order valence-electron chi connectivity index (χ3n) is 2.03. The van der Waals surface area contributed by atoms with E-state index in [1.165, 1.54) is 0 Å². The van der Waals surface area contributed by atoms with Crippen LogP contribution >= 0.6 is 0 Å². The maximum atomic E-state index is 11.5. The molecule has 0 aliphatic carbocycles. The van der Waals surface area contributed by atoms with Gasteiger partial charge in [-0.2, -0.15) is 5.10 Å². The lowest BCUT2D eigenvalue weighted by Crippen LogP contribution is -2.30. The Hall–Kier alpha value is -2.14. The lowest BCUT2D eigenvalue weighted by molar-refractivity contribution is 0.0953. The van der Waals surface area contributed by atoms with Gasteiger partial charge in [0.05, 0.1) is 11.3 Å². The molecule has 15 heavy (non-hydrogen) atoms. The fourth-order valence-corrected chi connectivity index (χ4v) is 1.35. The van der Waals surface area contributed by atoms with Crippen molar-refractivity contribution in [3.05, 3.63) is 48.3 Å². The lowest BCUT2D eigenvalue weighted by atomic mass is 10.1. The first-order chi connectivity index (χ1) is 7.33. The SMILES string of the molecule is NNC(=O)c1ccccc1-n1cccn1. The highest BCUT2D eigenvalue weighted by atomic mass is 16.2. The normalized spacial score (nSPS) is 9.93. The molecule has 0 atom stereocenters. The summed E-state index contributed by atoms with van der Waals surface area (Å²) in [7, 11) is 0. The van der Waals surface area contributed by atoms with Crippen molar-refractivity contribution in [1.82, 2.24) is 15.2 Å². The molecule has 0 spiro atoms. The molecule has 1 aromatic heterocycles. The van der Waals surface area contributed by atoms with Crippen LogP contribution in [0.2, 0.25) is 0 Å². The maximum Gasteiger partial charge on any atom is 0.267 e. The molecule has 1 amide bonds. The van der Waals surface area contributed by atoms with Gasteiger partial charge in [0.1, 0.15) is 0 Å². The predicted octanol–water partition coefficient (Wildman–Crippen LogP) is 0.476. The van der Waals surface area contributed by atoms with E-state index in [9.17, 15) is 4.79 Å². The Labute approximate surface area is 86.5 Å². The van der Waals surface area contributed by atoms with E-state index in [4.69, 9.17) is 5.84 Å². The summed E-state index contributed by atoms with van der Waals surface area (Å²) < 4.78 is 1.62. The first kappa shape index (κ1) is 9.42. The summed E-state index contributed by atoms with van der Waals surface area (Å²) in [6.07, 6.45) is 3.42. The second kappa shape index (κ2) is 3.93. The largest absolute Gasteiger partial charge is 0.290 e. The molecule has 0 radical (unpaired) electrons. The van der Waals surface area contributed by atoms with Gasteiger partial charge in [-0.05, 0) is 18.2 Å². The summed E-state index contributed by atoms with van der Waals surface area (Å²) in [6, 6.07) is 8.90. The molecule has 76 valence electrons. The molecule has 1 heterocycles. The molecule has 0 fully saturated rings. The number of hydrazine groups is 1. The maximum absolute atomic E-state index is 11.5. The molecular weight excluding hydrogens is 192 g/mol. The van der Waals surface area contributed by atoms with Gasteiger partial charge in [-0.25, -0.2) is 10.5 Å². The van der Waals surface area contributed by atoms with Gasteiger partial charge in [0, 0.05) is 12.4 Å². The predicted molar refractivity (Wildman–Crippen MR) is 55.2 cm³/mol. The number of aromatic nitrogens is 2. The third kappa shape index (κ3) is 1.72. The van der Waals surface area contributed by atoms with Crippen LogP contribution in [0.3, 0.4) is 0 Å². The van der Waals surface area contributed by atoms with E-state index in [2.05, 4.69) is 10.5 Å². The number of rotatable bonds is 2. The number of carbonyl (C=O) groups excluding carboxylic acids is 1. The highest BCUT2D eigenvalue weighted by Gasteiger charge is 2.10. The number of nitrogens with zero attached hydrogens (tertiary/aromatic N) is 2. The van der Waals surface area contributed by atoms with Crippen LogP contribution in [0, 0.1) is 0 Å². The summed E-state index contributed by atoms with van der Waals surface area (Å²) in [6.45, 7) is 0. The average Bonchev–Trinajstić information content (AvgIpc) is 2.81. The number of hydrogen-bond donors (Lipinski definition) is 2. The zero-order chi connectivity index (χ0) is 10.7. The van der Waals surface area contributed by atoms with E-state index >= 15 is 0 Å². The van der Waals surface area contributed by atoms with Gasteiger partial charge < -0.3 is 0 Å². The number of nitrogen functional groups attached to an aromatic ring is 1. The lowest BCUT2D eigenvalue weighted by Gasteiger charge is -2.07. The smallest absolute Gasteiger partial charge is 0.267 e. The monoisotopic (exact) mass is 202 g/mol. The Balaban J connectivity index is 2.52. The zero-order valence-electron chi connectivity index (χ0n) is 7.92. The number of carbonyl (C=O) groups is 1. The van der Waals surface area contributed by atoms with Gasteiger partial charge in [0.25, 0.3) is 5.91 Å². The summed E-state index contributed by atoms with van der Waals surface area (Å²) in [5, 5.41) is 4.06. The Bertz CT molecular complexity index is 464. The Morgan fingerprint density at radius 3 is 2.80 bits per heavy atom. The summed E-state index contributed by atoms with van der Waals surface area (Å²) in [4.78, 5) is 11.5. The van der Waals surface area contributed by atoms with Gasteiger partial charge in [-0.3, -0.25) is 10.2 Å². The average molecular weight is 202 g/mol. The van der Waals surface area contributed by atoms with E-state index in [1.54, 1.807) is 41.3 Å². The quantitative estimate of drug-likeness (QED) is 0.422. The van der Waals surface area contributed by atoms with Crippen LogP contribution in [0.25, 0.3) is 5.69 Å². The van der Waals surface area contributed by atoms with Crippen LogP contribution in [-0.2, 0) is 0 Å². The molecule has 2 aromatic rings. The van der Waals surface area contributed by atoms with Crippen LogP contribution in [0.1, 0.15) is 10.4 Å². The summed E-state index contributed by atoms with van der Waals surface area (Å²) in [5.41, 5.74) is 3.29. The van der Waals surface area contributed by atoms with Crippen molar-refractivity contribution in [2.24, 2.45) is 5.84 Å². The molecular formula is C10H10N4O. The van der Waals surface area contributed by atoms with E-state index in [1.807, 2.05) is 6.07 Å². The number of nitrogens with two attached hydrogens (primary N) is 1. The number of benzene rings is 1. The van der Waals surface area contributed by atoms with Gasteiger partial charge in [-0.15, -0.1) is 0 Å². The highest BCUT2D eigenvalue weighted by Crippen LogP contribution is 2.12. The number of hydrogen-bond acceptors (Lipinski definition) is 3. The molecule has 1 aromatic carbocycles. The van der Waals surface area contributed by atoms with Gasteiger partial charge in [0.15, 0.2) is 0 Å². The van der Waals surface area contributed by atoms with E-state index in [0.29, 0.717) is 11.3 Å². The van der Waals surface area contributed by atoms with Crippen molar-refractivity contribution >= 4 is 5.91 Å². The molecule has 0 bridgehead atoms. The second-order valence-electron chi connectivity index (χ2n) is 2.94. The number of para-hydroxylation sites is 1. The fourth-order valence-electron chi connectivity index (χ4n) is 1.35. The zero-order valence-corrected chi connectivity index (χ0v) is 7.92. The van der Waals surface area contributed by atoms with Crippen molar-refractivity contribution in [2.75, 3.05) is 0 Å². The van der Waals surface area contributed by atoms with E-state index < -0.39 is 0 Å². The van der Waals surface area contributed by atoms with Gasteiger partial charge in [0.2, 0.25) is 0 Å². The van der Waals surface area contributed by atoms with Crippen molar-refractivity contribution in [2.45, 2.75) is 0 Å². The fraction of sp³-hybridized carbons (Fsp3) is 0. The van der Waals surface area contributed by atoms with Crippen LogP contribution in [0.4, 0.5) is 0 Å². The molecule has 2 rings (SSSR count). The van der Waals surface area contributed by atoms with E-state index in [0.717, 1.165) is 0 Å². The molecule has 5 nitrogen and oxygen atoms in total. The highest BCUT2D eigenvalue weighted by molar-refractivity contribution is 5.97. The molecule has 0 aliphatic rings. The molecule has 0 unspecified atom stereocenters. The summed E-state index contributed by atoms with van der Waals surface area (Å²) >= 11 is 0. The van der Waals surface area contributed by atoms with E-state index in [-0.39, 0.29) is 5.91 Å². The van der Waals surface area contributed by atoms with Crippen LogP contribution in [-0.4, -0.2) is 15.7 Å². The van der Waals surface area contributed by atoms with Crippen molar-refractivity contribution < 1.29 is 4.79 Å². The Kier molecular flexibility index (Phi) is 2.47. The molecule has 0 saturated heterocycles. The van der Waals surface area contributed by atoms with Gasteiger partial charge in [-0.1, -0.05) is 12.1 Å².